The Kier molecular flexibility index (Phi) is 5.36. The molecule has 1 unspecified atom stereocenters. The summed E-state index contributed by atoms with van der Waals surface area (Å²) in [6.07, 6.45) is 1.35. The lowest BCUT2D eigenvalue weighted by molar-refractivity contribution is -0.120. The van der Waals surface area contributed by atoms with Crippen molar-refractivity contribution >= 4 is 17.4 Å². The molecule has 104 valence electrons. The van der Waals surface area contributed by atoms with Crippen molar-refractivity contribution in [1.29, 1.82) is 0 Å². The van der Waals surface area contributed by atoms with Gasteiger partial charge in [-0.2, -0.15) is 0 Å². The van der Waals surface area contributed by atoms with E-state index in [4.69, 9.17) is 10.9 Å². The summed E-state index contributed by atoms with van der Waals surface area (Å²) in [4.78, 5) is 14.0. The standard InChI is InChI=1S/C14H21N3O2/c1-4-7-11(13(15)16-19)14(18)17(3)12-9-6-5-8-10(12)2/h5-6,8-9,11,19H,4,7H2,1-3H3,(H2,15,16). The highest BCUT2D eigenvalue weighted by atomic mass is 16.4. The molecule has 1 aromatic carbocycles. The minimum atomic E-state index is -0.584. The van der Waals surface area contributed by atoms with Crippen LogP contribution in [0.4, 0.5) is 5.69 Å². The fourth-order valence-corrected chi connectivity index (χ4v) is 2.05. The van der Waals surface area contributed by atoms with Gasteiger partial charge in [0, 0.05) is 12.7 Å². The van der Waals surface area contributed by atoms with E-state index in [1.165, 1.54) is 0 Å². The second-order valence-corrected chi connectivity index (χ2v) is 4.55. The number of nitrogens with two attached hydrogens (primary N) is 1. The maximum absolute atomic E-state index is 12.4. The van der Waals surface area contributed by atoms with Gasteiger partial charge in [0.25, 0.3) is 0 Å². The molecular weight excluding hydrogens is 242 g/mol. The van der Waals surface area contributed by atoms with Crippen molar-refractivity contribution in [2.24, 2.45) is 16.8 Å². The number of nitrogens with zero attached hydrogens (tertiary/aromatic N) is 2. The molecule has 0 aromatic heterocycles. The number of anilines is 1. The zero-order valence-corrected chi connectivity index (χ0v) is 11.6. The lowest BCUT2D eigenvalue weighted by atomic mass is 10.0. The number of aryl methyl sites for hydroxylation is 1. The Morgan fingerprint density at radius 3 is 2.63 bits per heavy atom. The summed E-state index contributed by atoms with van der Waals surface area (Å²) in [7, 11) is 1.71. The van der Waals surface area contributed by atoms with E-state index in [-0.39, 0.29) is 11.7 Å². The Balaban J connectivity index is 3.00. The van der Waals surface area contributed by atoms with Gasteiger partial charge >= 0.3 is 0 Å². The van der Waals surface area contributed by atoms with E-state index in [2.05, 4.69) is 5.16 Å². The molecule has 5 nitrogen and oxygen atoms in total. The fourth-order valence-electron chi connectivity index (χ4n) is 2.05. The van der Waals surface area contributed by atoms with Crippen molar-refractivity contribution in [2.45, 2.75) is 26.7 Å². The molecule has 5 heteroatoms. The van der Waals surface area contributed by atoms with E-state index in [1.807, 2.05) is 38.1 Å². The third-order valence-electron chi connectivity index (χ3n) is 3.16. The maximum atomic E-state index is 12.4. The normalized spacial score (nSPS) is 13.1. The minimum absolute atomic E-state index is 0.0349. The van der Waals surface area contributed by atoms with E-state index in [9.17, 15) is 4.79 Å². The third-order valence-corrected chi connectivity index (χ3v) is 3.16. The highest BCUT2D eigenvalue weighted by Crippen LogP contribution is 2.21. The first kappa shape index (κ1) is 15.0. The van der Waals surface area contributed by atoms with Gasteiger partial charge in [-0.05, 0) is 25.0 Å². The largest absolute Gasteiger partial charge is 0.409 e. The molecule has 0 bridgehead atoms. The molecule has 3 N–H and O–H groups in total. The van der Waals surface area contributed by atoms with Crippen LogP contribution in [0, 0.1) is 12.8 Å². The van der Waals surface area contributed by atoms with Gasteiger partial charge in [-0.15, -0.1) is 0 Å². The number of rotatable bonds is 5. The van der Waals surface area contributed by atoms with Crippen LogP contribution < -0.4 is 10.6 Å². The third kappa shape index (κ3) is 3.47. The van der Waals surface area contributed by atoms with Crippen LogP contribution in [0.2, 0.25) is 0 Å². The number of amides is 1. The SMILES string of the molecule is CCCC(C(=O)N(C)c1ccccc1C)C(N)=NO. The van der Waals surface area contributed by atoms with Crippen molar-refractivity contribution < 1.29 is 10.0 Å². The number of amidine groups is 1. The number of benzene rings is 1. The van der Waals surface area contributed by atoms with Crippen LogP contribution in [-0.2, 0) is 4.79 Å². The number of para-hydroxylation sites is 1. The van der Waals surface area contributed by atoms with E-state index >= 15 is 0 Å². The second kappa shape index (κ2) is 6.78. The molecular formula is C14H21N3O2. The quantitative estimate of drug-likeness (QED) is 0.369. The average Bonchev–Trinajstić information content (AvgIpc) is 2.43. The van der Waals surface area contributed by atoms with Crippen LogP contribution in [0.25, 0.3) is 0 Å². The maximum Gasteiger partial charge on any atom is 0.237 e. The number of hydrogen-bond donors (Lipinski definition) is 2. The molecule has 0 aliphatic carbocycles. The van der Waals surface area contributed by atoms with Crippen LogP contribution in [-0.4, -0.2) is 24.0 Å². The first-order valence-electron chi connectivity index (χ1n) is 6.33. The molecule has 0 heterocycles. The van der Waals surface area contributed by atoms with Crippen molar-refractivity contribution in [3.63, 3.8) is 0 Å². The molecule has 1 amide bonds. The Hall–Kier alpha value is -2.04. The second-order valence-electron chi connectivity index (χ2n) is 4.55. The monoisotopic (exact) mass is 263 g/mol. The van der Waals surface area contributed by atoms with Gasteiger partial charge < -0.3 is 15.8 Å². The Morgan fingerprint density at radius 1 is 1.47 bits per heavy atom. The first-order valence-corrected chi connectivity index (χ1v) is 6.33. The number of hydrogen-bond acceptors (Lipinski definition) is 3. The lowest BCUT2D eigenvalue weighted by Crippen LogP contribution is -2.40. The molecule has 0 saturated heterocycles. The molecule has 0 fully saturated rings. The molecule has 1 aromatic rings. The van der Waals surface area contributed by atoms with Gasteiger partial charge in [0.1, 0.15) is 0 Å². The highest BCUT2D eigenvalue weighted by Gasteiger charge is 2.26. The molecule has 1 atom stereocenters. The lowest BCUT2D eigenvalue weighted by Gasteiger charge is -2.24. The van der Waals surface area contributed by atoms with E-state index in [0.29, 0.717) is 6.42 Å². The van der Waals surface area contributed by atoms with Gasteiger partial charge in [-0.1, -0.05) is 36.7 Å². The summed E-state index contributed by atoms with van der Waals surface area (Å²) < 4.78 is 0. The number of carbonyl (C=O) groups is 1. The van der Waals surface area contributed by atoms with E-state index in [1.54, 1.807) is 11.9 Å². The fraction of sp³-hybridized carbons (Fsp3) is 0.429. The summed E-state index contributed by atoms with van der Waals surface area (Å²) in [6.45, 7) is 3.90. The summed E-state index contributed by atoms with van der Waals surface area (Å²) in [5.41, 5.74) is 7.45. The van der Waals surface area contributed by atoms with Crippen LogP contribution in [0.3, 0.4) is 0 Å². The molecule has 19 heavy (non-hydrogen) atoms. The smallest absolute Gasteiger partial charge is 0.237 e. The van der Waals surface area contributed by atoms with Crippen LogP contribution >= 0.6 is 0 Å². The summed E-state index contributed by atoms with van der Waals surface area (Å²) in [5, 5.41) is 11.8. The number of oxime groups is 1. The van der Waals surface area contributed by atoms with E-state index in [0.717, 1.165) is 17.7 Å². The van der Waals surface area contributed by atoms with Crippen LogP contribution in [0.15, 0.2) is 29.4 Å². The summed E-state index contributed by atoms with van der Waals surface area (Å²) >= 11 is 0. The molecule has 0 spiro atoms. The van der Waals surface area contributed by atoms with Gasteiger partial charge in [0.05, 0.1) is 5.92 Å². The van der Waals surface area contributed by atoms with Crippen molar-refractivity contribution in [3.05, 3.63) is 29.8 Å². The van der Waals surface area contributed by atoms with E-state index < -0.39 is 5.92 Å². The minimum Gasteiger partial charge on any atom is -0.409 e. The molecule has 0 saturated carbocycles. The number of carbonyl (C=O) groups excluding carboxylic acids is 1. The Labute approximate surface area is 113 Å². The predicted octanol–water partition coefficient (Wildman–Crippen LogP) is 2.12. The van der Waals surface area contributed by atoms with Gasteiger partial charge in [-0.25, -0.2) is 0 Å². The molecule has 0 aliphatic rings. The van der Waals surface area contributed by atoms with Crippen LogP contribution in [0.1, 0.15) is 25.3 Å². The van der Waals surface area contributed by atoms with Gasteiger partial charge in [-0.3, -0.25) is 4.79 Å². The predicted molar refractivity (Wildman–Crippen MR) is 76.4 cm³/mol. The van der Waals surface area contributed by atoms with Crippen LogP contribution in [0.5, 0.6) is 0 Å². The van der Waals surface area contributed by atoms with Crippen molar-refractivity contribution in [2.75, 3.05) is 11.9 Å². The molecule has 1 rings (SSSR count). The van der Waals surface area contributed by atoms with Gasteiger partial charge in [0.15, 0.2) is 5.84 Å². The first-order chi connectivity index (χ1) is 9.02. The Bertz CT molecular complexity index is 472. The highest BCUT2D eigenvalue weighted by molar-refractivity contribution is 6.08. The molecule has 0 aliphatic heterocycles. The van der Waals surface area contributed by atoms with Crippen molar-refractivity contribution in [1.82, 2.24) is 0 Å². The Morgan fingerprint density at radius 2 is 2.11 bits per heavy atom. The average molecular weight is 263 g/mol. The molecule has 0 radical (unpaired) electrons. The summed E-state index contributed by atoms with van der Waals surface area (Å²) in [5.74, 6) is -0.779. The van der Waals surface area contributed by atoms with Crippen molar-refractivity contribution in [3.8, 4) is 0 Å². The zero-order valence-electron chi connectivity index (χ0n) is 11.6. The summed E-state index contributed by atoms with van der Waals surface area (Å²) in [6, 6.07) is 7.62. The topological polar surface area (TPSA) is 78.9 Å². The zero-order chi connectivity index (χ0) is 14.4. The van der Waals surface area contributed by atoms with Gasteiger partial charge in [0.2, 0.25) is 5.91 Å².